The smallest absolute Gasteiger partial charge is 0.120 e. The van der Waals surface area contributed by atoms with E-state index in [1.54, 1.807) is 12.1 Å². The highest BCUT2D eigenvalue weighted by Gasteiger charge is 2.19. The molecule has 20 heavy (non-hydrogen) atoms. The molecule has 3 N–H and O–H groups in total. The molecule has 0 spiro atoms. The van der Waals surface area contributed by atoms with Crippen LogP contribution in [0.3, 0.4) is 0 Å². The molecule has 1 aromatic rings. The van der Waals surface area contributed by atoms with Crippen molar-refractivity contribution in [3.05, 3.63) is 23.8 Å². The summed E-state index contributed by atoms with van der Waals surface area (Å²) in [6.07, 6.45) is 6.67. The number of hydrogen-bond donors (Lipinski definition) is 3. The summed E-state index contributed by atoms with van der Waals surface area (Å²) in [4.78, 5) is 0. The van der Waals surface area contributed by atoms with Crippen molar-refractivity contribution in [3.63, 3.8) is 0 Å². The predicted octanol–water partition coefficient (Wildman–Crippen LogP) is 3.96. The van der Waals surface area contributed by atoms with Crippen LogP contribution in [0.1, 0.15) is 57.6 Å². The summed E-state index contributed by atoms with van der Waals surface area (Å²) in [5.74, 6) is 2.17. The fourth-order valence-corrected chi connectivity index (χ4v) is 3.32. The van der Waals surface area contributed by atoms with Gasteiger partial charge in [-0.15, -0.1) is 0 Å². The maximum atomic E-state index is 9.84. The minimum absolute atomic E-state index is 0.0584. The maximum Gasteiger partial charge on any atom is 0.120 e. The first-order valence-electron chi connectivity index (χ1n) is 7.81. The molecule has 3 heteroatoms. The molecule has 3 nitrogen and oxygen atoms in total. The fourth-order valence-electron chi connectivity index (χ4n) is 3.32. The number of phenols is 2. The normalized spacial score (nSPS) is 24.5. The molecule has 0 aliphatic heterocycles. The zero-order valence-electron chi connectivity index (χ0n) is 12.6. The van der Waals surface area contributed by atoms with Crippen LogP contribution in [0.4, 0.5) is 0 Å². The van der Waals surface area contributed by atoms with Gasteiger partial charge in [-0.2, -0.15) is 0 Å². The number of rotatable bonds is 5. The Labute approximate surface area is 122 Å². The van der Waals surface area contributed by atoms with E-state index in [0.717, 1.165) is 23.9 Å². The molecule has 0 saturated heterocycles. The minimum atomic E-state index is 0.0584. The molecular formula is C17H27NO2. The monoisotopic (exact) mass is 277 g/mol. The van der Waals surface area contributed by atoms with Gasteiger partial charge in [0.1, 0.15) is 11.5 Å². The zero-order valence-corrected chi connectivity index (χ0v) is 12.6. The lowest BCUT2D eigenvalue weighted by Crippen LogP contribution is -2.23. The van der Waals surface area contributed by atoms with Crippen LogP contribution < -0.4 is 5.32 Å². The molecule has 1 saturated carbocycles. The van der Waals surface area contributed by atoms with Crippen molar-refractivity contribution in [2.24, 2.45) is 11.8 Å². The summed E-state index contributed by atoms with van der Waals surface area (Å²) in [5.41, 5.74) is 0.766. The predicted molar refractivity (Wildman–Crippen MR) is 81.9 cm³/mol. The van der Waals surface area contributed by atoms with Gasteiger partial charge < -0.3 is 15.5 Å². The Hall–Kier alpha value is -1.22. The molecule has 3 atom stereocenters. The van der Waals surface area contributed by atoms with Gasteiger partial charge >= 0.3 is 0 Å². The van der Waals surface area contributed by atoms with Crippen LogP contribution in [-0.2, 0) is 0 Å². The minimum Gasteiger partial charge on any atom is -0.508 e. The topological polar surface area (TPSA) is 52.5 Å². The second-order valence-corrected chi connectivity index (χ2v) is 6.35. The highest BCUT2D eigenvalue weighted by atomic mass is 16.3. The van der Waals surface area contributed by atoms with E-state index in [-0.39, 0.29) is 17.5 Å². The lowest BCUT2D eigenvalue weighted by molar-refractivity contribution is 0.265. The first-order chi connectivity index (χ1) is 9.56. The summed E-state index contributed by atoms with van der Waals surface area (Å²) in [6, 6.07) is 4.75. The zero-order chi connectivity index (χ0) is 14.5. The average molecular weight is 277 g/mol. The molecule has 1 aromatic carbocycles. The summed E-state index contributed by atoms with van der Waals surface area (Å²) in [6.45, 7) is 5.35. The molecular weight excluding hydrogens is 250 g/mol. The van der Waals surface area contributed by atoms with Crippen LogP contribution in [-0.4, -0.2) is 16.8 Å². The van der Waals surface area contributed by atoms with Crippen molar-refractivity contribution < 1.29 is 10.2 Å². The molecule has 0 heterocycles. The quantitative estimate of drug-likeness (QED) is 0.714. The average Bonchev–Trinajstić information content (AvgIpc) is 2.41. The third-order valence-electron chi connectivity index (χ3n) is 4.53. The SMILES string of the molecule is CC1CCCC(CCNC(C)c2cc(O)ccc2O)C1. The number of phenolic OH excluding ortho intramolecular Hbond substituents is 2. The summed E-state index contributed by atoms with van der Waals surface area (Å²) >= 11 is 0. The second kappa shape index (κ2) is 6.98. The van der Waals surface area contributed by atoms with E-state index in [1.807, 2.05) is 6.92 Å². The number of hydrogen-bond acceptors (Lipinski definition) is 3. The van der Waals surface area contributed by atoms with Gasteiger partial charge in [0.25, 0.3) is 0 Å². The molecule has 0 amide bonds. The van der Waals surface area contributed by atoms with Crippen molar-refractivity contribution in [1.29, 1.82) is 0 Å². The molecule has 3 unspecified atom stereocenters. The Balaban J connectivity index is 1.80. The highest BCUT2D eigenvalue weighted by Crippen LogP contribution is 2.31. The first-order valence-corrected chi connectivity index (χ1v) is 7.81. The van der Waals surface area contributed by atoms with Crippen LogP contribution in [0, 0.1) is 11.8 Å². The molecule has 1 aliphatic carbocycles. The maximum absolute atomic E-state index is 9.84. The van der Waals surface area contributed by atoms with E-state index < -0.39 is 0 Å². The van der Waals surface area contributed by atoms with E-state index in [2.05, 4.69) is 12.2 Å². The third kappa shape index (κ3) is 4.14. The van der Waals surface area contributed by atoms with Gasteiger partial charge in [0.2, 0.25) is 0 Å². The van der Waals surface area contributed by atoms with Crippen LogP contribution in [0.2, 0.25) is 0 Å². The molecule has 1 aliphatic rings. The Morgan fingerprint density at radius 3 is 2.85 bits per heavy atom. The van der Waals surface area contributed by atoms with Gasteiger partial charge in [0.05, 0.1) is 0 Å². The number of benzene rings is 1. The van der Waals surface area contributed by atoms with E-state index in [9.17, 15) is 10.2 Å². The molecule has 0 radical (unpaired) electrons. The standard InChI is InChI=1S/C17H27NO2/c1-12-4-3-5-14(10-12)8-9-18-13(2)16-11-15(19)6-7-17(16)20/h6-7,11-14,18-20H,3-5,8-10H2,1-2H3. The Kier molecular flexibility index (Phi) is 5.30. The summed E-state index contributed by atoms with van der Waals surface area (Å²) in [5, 5.41) is 22.8. The van der Waals surface area contributed by atoms with Crippen molar-refractivity contribution >= 4 is 0 Å². The van der Waals surface area contributed by atoms with Gasteiger partial charge in [0.15, 0.2) is 0 Å². The number of aromatic hydroxyl groups is 2. The second-order valence-electron chi connectivity index (χ2n) is 6.35. The van der Waals surface area contributed by atoms with Gasteiger partial charge in [-0.25, -0.2) is 0 Å². The molecule has 0 bridgehead atoms. The van der Waals surface area contributed by atoms with Crippen LogP contribution in [0.5, 0.6) is 11.5 Å². The summed E-state index contributed by atoms with van der Waals surface area (Å²) < 4.78 is 0. The van der Waals surface area contributed by atoms with Crippen molar-refractivity contribution in [2.45, 2.75) is 52.0 Å². The molecule has 0 aromatic heterocycles. The number of nitrogens with one attached hydrogen (secondary N) is 1. The first kappa shape index (κ1) is 15.2. The molecule has 1 fully saturated rings. The Morgan fingerprint density at radius 2 is 2.10 bits per heavy atom. The fraction of sp³-hybridized carbons (Fsp3) is 0.647. The van der Waals surface area contributed by atoms with Gasteiger partial charge in [0, 0.05) is 11.6 Å². The summed E-state index contributed by atoms with van der Waals surface area (Å²) in [7, 11) is 0. The third-order valence-corrected chi connectivity index (χ3v) is 4.53. The lowest BCUT2D eigenvalue weighted by Gasteiger charge is -2.27. The van der Waals surface area contributed by atoms with Gasteiger partial charge in [-0.3, -0.25) is 0 Å². The van der Waals surface area contributed by atoms with Crippen molar-refractivity contribution in [2.75, 3.05) is 6.54 Å². The van der Waals surface area contributed by atoms with E-state index in [1.165, 1.54) is 38.2 Å². The van der Waals surface area contributed by atoms with Crippen LogP contribution >= 0.6 is 0 Å². The van der Waals surface area contributed by atoms with Gasteiger partial charge in [-0.05, 0) is 56.3 Å². The lowest BCUT2D eigenvalue weighted by atomic mass is 9.81. The van der Waals surface area contributed by atoms with Crippen LogP contribution in [0.15, 0.2) is 18.2 Å². The van der Waals surface area contributed by atoms with E-state index in [4.69, 9.17) is 0 Å². The van der Waals surface area contributed by atoms with E-state index in [0.29, 0.717) is 0 Å². The van der Waals surface area contributed by atoms with Crippen LogP contribution in [0.25, 0.3) is 0 Å². The largest absolute Gasteiger partial charge is 0.508 e. The van der Waals surface area contributed by atoms with Crippen molar-refractivity contribution in [3.8, 4) is 11.5 Å². The van der Waals surface area contributed by atoms with Gasteiger partial charge in [-0.1, -0.05) is 26.2 Å². The van der Waals surface area contributed by atoms with E-state index >= 15 is 0 Å². The molecule has 2 rings (SSSR count). The Morgan fingerprint density at radius 1 is 1.30 bits per heavy atom. The highest BCUT2D eigenvalue weighted by molar-refractivity contribution is 5.40. The Bertz CT molecular complexity index is 433. The molecule has 112 valence electrons. The van der Waals surface area contributed by atoms with Crippen molar-refractivity contribution in [1.82, 2.24) is 5.32 Å².